The lowest BCUT2D eigenvalue weighted by Gasteiger charge is -2.53. The summed E-state index contributed by atoms with van der Waals surface area (Å²) >= 11 is 0. The third-order valence-electron chi connectivity index (χ3n) is 5.42. The zero-order chi connectivity index (χ0) is 15.6. The van der Waals surface area contributed by atoms with Crippen LogP contribution in [0.1, 0.15) is 56.7 Å². The molecule has 3 unspecified atom stereocenters. The van der Waals surface area contributed by atoms with Crippen LogP contribution in [0.25, 0.3) is 0 Å². The smallest absolute Gasteiger partial charge is 0.123 e. The maximum absolute atomic E-state index is 6.42. The molecule has 2 nitrogen and oxygen atoms in total. The van der Waals surface area contributed by atoms with Crippen LogP contribution in [0.5, 0.6) is 5.75 Å². The molecule has 118 valence electrons. The maximum atomic E-state index is 6.42. The van der Waals surface area contributed by atoms with E-state index in [0.29, 0.717) is 12.1 Å². The largest absolute Gasteiger partial charge is 0.489 e. The van der Waals surface area contributed by atoms with Crippen molar-refractivity contribution >= 4 is 0 Å². The van der Waals surface area contributed by atoms with Crippen molar-refractivity contribution in [2.75, 3.05) is 6.54 Å². The van der Waals surface area contributed by atoms with Gasteiger partial charge in [0.05, 0.1) is 0 Å². The lowest BCUT2D eigenvalue weighted by Crippen LogP contribution is -2.63. The van der Waals surface area contributed by atoms with Crippen molar-refractivity contribution in [3.63, 3.8) is 0 Å². The van der Waals surface area contributed by atoms with Crippen LogP contribution in [-0.2, 0) is 0 Å². The summed E-state index contributed by atoms with van der Waals surface area (Å²) in [4.78, 5) is 0. The van der Waals surface area contributed by atoms with Crippen LogP contribution in [0.4, 0.5) is 0 Å². The van der Waals surface area contributed by atoms with E-state index in [4.69, 9.17) is 4.74 Å². The van der Waals surface area contributed by atoms with Gasteiger partial charge in [-0.2, -0.15) is 0 Å². The quantitative estimate of drug-likeness (QED) is 0.829. The molecule has 21 heavy (non-hydrogen) atoms. The summed E-state index contributed by atoms with van der Waals surface area (Å²) in [6.45, 7) is 14.5. The Kier molecular flexibility index (Phi) is 4.98. The maximum Gasteiger partial charge on any atom is 0.123 e. The Balaban J connectivity index is 2.11. The Morgan fingerprint density at radius 3 is 2.57 bits per heavy atom. The minimum absolute atomic E-state index is 0.249. The van der Waals surface area contributed by atoms with Crippen molar-refractivity contribution in [3.8, 4) is 5.75 Å². The van der Waals surface area contributed by atoms with Crippen molar-refractivity contribution in [1.29, 1.82) is 0 Å². The predicted octanol–water partition coefficient (Wildman–Crippen LogP) is 4.55. The van der Waals surface area contributed by atoms with Crippen molar-refractivity contribution in [2.24, 2.45) is 5.41 Å². The molecular weight excluding hydrogens is 258 g/mol. The molecule has 1 aliphatic rings. The lowest BCUT2D eigenvalue weighted by atomic mass is 9.61. The van der Waals surface area contributed by atoms with Crippen molar-refractivity contribution in [3.05, 3.63) is 28.8 Å². The highest BCUT2D eigenvalue weighted by Gasteiger charge is 2.51. The van der Waals surface area contributed by atoms with Gasteiger partial charge in [0.25, 0.3) is 0 Å². The highest BCUT2D eigenvalue weighted by atomic mass is 16.5. The summed E-state index contributed by atoms with van der Waals surface area (Å²) in [6, 6.07) is 5.01. The third kappa shape index (κ3) is 3.11. The van der Waals surface area contributed by atoms with Gasteiger partial charge in [0.1, 0.15) is 11.9 Å². The van der Waals surface area contributed by atoms with E-state index in [2.05, 4.69) is 59.0 Å². The van der Waals surface area contributed by atoms with E-state index in [9.17, 15) is 0 Å². The number of rotatable bonds is 6. The van der Waals surface area contributed by atoms with E-state index in [0.717, 1.165) is 25.1 Å². The summed E-state index contributed by atoms with van der Waals surface area (Å²) < 4.78 is 6.42. The Hall–Kier alpha value is -1.02. The van der Waals surface area contributed by atoms with Gasteiger partial charge in [0.15, 0.2) is 0 Å². The van der Waals surface area contributed by atoms with Crippen LogP contribution in [0.3, 0.4) is 0 Å². The molecule has 3 atom stereocenters. The first-order chi connectivity index (χ1) is 9.92. The Labute approximate surface area is 130 Å². The second kappa shape index (κ2) is 6.39. The predicted molar refractivity (Wildman–Crippen MR) is 90.2 cm³/mol. The molecule has 0 aromatic heterocycles. The number of benzene rings is 1. The van der Waals surface area contributed by atoms with Gasteiger partial charge in [-0.3, -0.25) is 0 Å². The Morgan fingerprint density at radius 2 is 1.95 bits per heavy atom. The van der Waals surface area contributed by atoms with Gasteiger partial charge in [-0.25, -0.2) is 0 Å². The standard InChI is InChI=1S/C19H31NO/c1-7-9-20-17-12-18(19(17,6)8-2)21-16-11-13(3)10-14(4)15(16)5/h10-11,17-18,20H,7-9,12H2,1-6H3. The minimum Gasteiger partial charge on any atom is -0.489 e. The van der Waals surface area contributed by atoms with Gasteiger partial charge in [-0.15, -0.1) is 0 Å². The summed E-state index contributed by atoms with van der Waals surface area (Å²) in [5, 5.41) is 3.68. The third-order valence-corrected chi connectivity index (χ3v) is 5.42. The van der Waals surface area contributed by atoms with E-state index in [1.807, 2.05) is 0 Å². The summed E-state index contributed by atoms with van der Waals surface area (Å²) in [5.41, 5.74) is 4.14. The number of aryl methyl sites for hydroxylation is 2. The normalized spacial score (nSPS) is 28.3. The molecule has 1 saturated carbocycles. The van der Waals surface area contributed by atoms with Crippen LogP contribution in [-0.4, -0.2) is 18.7 Å². The first-order valence-electron chi connectivity index (χ1n) is 8.40. The minimum atomic E-state index is 0.249. The van der Waals surface area contributed by atoms with Crippen LogP contribution >= 0.6 is 0 Å². The molecular formula is C19H31NO. The molecule has 1 aliphatic carbocycles. The van der Waals surface area contributed by atoms with Crippen LogP contribution in [0.2, 0.25) is 0 Å². The summed E-state index contributed by atoms with van der Waals surface area (Å²) in [5.74, 6) is 1.08. The van der Waals surface area contributed by atoms with Gasteiger partial charge < -0.3 is 10.1 Å². The summed E-state index contributed by atoms with van der Waals surface area (Å²) in [6.07, 6.45) is 3.80. The van der Waals surface area contributed by atoms with Crippen molar-refractivity contribution in [1.82, 2.24) is 5.32 Å². The number of hydrogen-bond donors (Lipinski definition) is 1. The van der Waals surface area contributed by atoms with Gasteiger partial charge in [0, 0.05) is 17.9 Å². The molecule has 2 heteroatoms. The number of ether oxygens (including phenoxy) is 1. The topological polar surface area (TPSA) is 21.3 Å². The fraction of sp³-hybridized carbons (Fsp3) is 0.684. The average Bonchev–Trinajstić information content (AvgIpc) is 2.45. The first-order valence-corrected chi connectivity index (χ1v) is 8.40. The van der Waals surface area contributed by atoms with Crippen molar-refractivity contribution in [2.45, 2.75) is 73.0 Å². The average molecular weight is 289 g/mol. The fourth-order valence-electron chi connectivity index (χ4n) is 3.38. The first kappa shape index (κ1) is 16.4. The zero-order valence-electron chi connectivity index (χ0n) is 14.5. The molecule has 0 spiro atoms. The van der Waals surface area contributed by atoms with E-state index in [1.165, 1.54) is 23.1 Å². The molecule has 1 aromatic carbocycles. The molecule has 0 heterocycles. The number of nitrogens with one attached hydrogen (secondary N) is 1. The van der Waals surface area contributed by atoms with Gasteiger partial charge >= 0.3 is 0 Å². The van der Waals surface area contributed by atoms with E-state index < -0.39 is 0 Å². The second-order valence-electron chi connectivity index (χ2n) is 6.91. The van der Waals surface area contributed by atoms with Crippen LogP contribution in [0.15, 0.2) is 12.1 Å². The Morgan fingerprint density at radius 1 is 1.24 bits per heavy atom. The van der Waals surface area contributed by atoms with Crippen LogP contribution < -0.4 is 10.1 Å². The number of hydrogen-bond acceptors (Lipinski definition) is 2. The fourth-order valence-corrected chi connectivity index (χ4v) is 3.38. The monoisotopic (exact) mass is 289 g/mol. The zero-order valence-corrected chi connectivity index (χ0v) is 14.5. The molecule has 2 rings (SSSR count). The van der Waals surface area contributed by atoms with Gasteiger partial charge in [-0.05, 0) is 62.9 Å². The van der Waals surface area contributed by atoms with E-state index in [1.54, 1.807) is 0 Å². The highest BCUT2D eigenvalue weighted by Crippen LogP contribution is 2.46. The molecule has 1 aromatic rings. The van der Waals surface area contributed by atoms with Crippen molar-refractivity contribution < 1.29 is 4.74 Å². The molecule has 1 fully saturated rings. The lowest BCUT2D eigenvalue weighted by molar-refractivity contribution is -0.0704. The SMILES string of the molecule is CCCNC1CC(Oc2cc(C)cc(C)c2C)C1(C)CC. The molecule has 1 N–H and O–H groups in total. The molecule has 0 radical (unpaired) electrons. The van der Waals surface area contributed by atoms with Crippen LogP contribution in [0, 0.1) is 26.2 Å². The van der Waals surface area contributed by atoms with Gasteiger partial charge in [-0.1, -0.05) is 26.8 Å². The molecule has 0 saturated heterocycles. The molecule has 0 aliphatic heterocycles. The molecule has 0 amide bonds. The Bertz CT molecular complexity index is 497. The van der Waals surface area contributed by atoms with Gasteiger partial charge in [0.2, 0.25) is 0 Å². The summed E-state index contributed by atoms with van der Waals surface area (Å²) in [7, 11) is 0. The molecule has 0 bridgehead atoms. The highest BCUT2D eigenvalue weighted by molar-refractivity contribution is 5.42. The van der Waals surface area contributed by atoms with E-state index in [-0.39, 0.29) is 5.41 Å². The second-order valence-corrected chi connectivity index (χ2v) is 6.91. The van der Waals surface area contributed by atoms with E-state index >= 15 is 0 Å².